The molecule has 0 radical (unpaired) electrons. The van der Waals surface area contributed by atoms with Crippen LogP contribution in [0.1, 0.15) is 11.3 Å². The Labute approximate surface area is 136 Å². The molecule has 3 rings (SSSR count). The Bertz CT molecular complexity index is 854. The highest BCUT2D eigenvalue weighted by Crippen LogP contribution is 2.31. The molecule has 0 saturated carbocycles. The monoisotopic (exact) mass is 329 g/mol. The molecule has 0 spiro atoms. The van der Waals surface area contributed by atoms with E-state index in [0.29, 0.717) is 21.4 Å². The highest BCUT2D eigenvalue weighted by Gasteiger charge is 2.13. The third kappa shape index (κ3) is 3.37. The summed E-state index contributed by atoms with van der Waals surface area (Å²) in [7, 11) is 0. The first-order valence-corrected chi connectivity index (χ1v) is 7.76. The maximum atomic E-state index is 13.4. The van der Waals surface area contributed by atoms with Gasteiger partial charge in [-0.15, -0.1) is 0 Å². The van der Waals surface area contributed by atoms with E-state index in [4.69, 9.17) is 0 Å². The Morgan fingerprint density at radius 2 is 1.78 bits per heavy atom. The van der Waals surface area contributed by atoms with Gasteiger partial charge < -0.3 is 0 Å². The maximum Gasteiger partial charge on any atom is 0.179 e. The van der Waals surface area contributed by atoms with Crippen LogP contribution in [0, 0.1) is 25.5 Å². The molecule has 1 aromatic carbocycles. The van der Waals surface area contributed by atoms with Crippen molar-refractivity contribution >= 4 is 11.8 Å². The average Bonchev–Trinajstić information content (AvgIpc) is 2.56. The molecule has 0 saturated heterocycles. The Morgan fingerprint density at radius 1 is 0.957 bits per heavy atom. The van der Waals surface area contributed by atoms with E-state index < -0.39 is 11.6 Å². The molecular formula is C17H13F2N3S. The Balaban J connectivity index is 2.01. The van der Waals surface area contributed by atoms with Gasteiger partial charge in [-0.3, -0.25) is 4.98 Å². The molecule has 0 unspecified atom stereocenters. The molecule has 23 heavy (non-hydrogen) atoms. The lowest BCUT2D eigenvalue weighted by atomic mass is 10.2. The van der Waals surface area contributed by atoms with Gasteiger partial charge in [0.2, 0.25) is 0 Å². The number of rotatable bonds is 3. The molecule has 0 aliphatic rings. The van der Waals surface area contributed by atoms with Crippen LogP contribution in [0.5, 0.6) is 0 Å². The van der Waals surface area contributed by atoms with Crippen molar-refractivity contribution in [3.05, 3.63) is 65.5 Å². The second kappa shape index (κ2) is 6.42. The van der Waals surface area contributed by atoms with Gasteiger partial charge in [-0.25, -0.2) is 18.7 Å². The van der Waals surface area contributed by atoms with Crippen LogP contribution in [0.4, 0.5) is 8.78 Å². The van der Waals surface area contributed by atoms with Crippen LogP contribution in [0.25, 0.3) is 11.5 Å². The van der Waals surface area contributed by atoms with E-state index in [1.54, 1.807) is 6.20 Å². The summed E-state index contributed by atoms with van der Waals surface area (Å²) in [6.45, 7) is 3.79. The fourth-order valence-electron chi connectivity index (χ4n) is 1.96. The molecule has 3 nitrogen and oxygen atoms in total. The Morgan fingerprint density at radius 3 is 2.48 bits per heavy atom. The summed E-state index contributed by atoms with van der Waals surface area (Å²) >= 11 is 1.27. The molecule has 0 bridgehead atoms. The van der Waals surface area contributed by atoms with Gasteiger partial charge in [-0.1, -0.05) is 17.8 Å². The lowest BCUT2D eigenvalue weighted by molar-refractivity contribution is 0.506. The maximum absolute atomic E-state index is 13.4. The molecule has 116 valence electrons. The van der Waals surface area contributed by atoms with Gasteiger partial charge in [0.15, 0.2) is 17.5 Å². The number of hydrogen-bond acceptors (Lipinski definition) is 4. The van der Waals surface area contributed by atoms with Crippen LogP contribution >= 0.6 is 11.8 Å². The van der Waals surface area contributed by atoms with Gasteiger partial charge in [0.1, 0.15) is 10.7 Å². The van der Waals surface area contributed by atoms with Crippen LogP contribution in [-0.2, 0) is 0 Å². The van der Waals surface area contributed by atoms with Crippen molar-refractivity contribution in [2.24, 2.45) is 0 Å². The second-order valence-corrected chi connectivity index (χ2v) is 6.02. The van der Waals surface area contributed by atoms with E-state index in [-0.39, 0.29) is 0 Å². The van der Waals surface area contributed by atoms with E-state index >= 15 is 0 Å². The van der Waals surface area contributed by atoms with Gasteiger partial charge in [0.25, 0.3) is 0 Å². The van der Waals surface area contributed by atoms with E-state index in [1.165, 1.54) is 17.8 Å². The first-order valence-electron chi connectivity index (χ1n) is 6.94. The summed E-state index contributed by atoms with van der Waals surface area (Å²) in [5.74, 6) is -1.22. The van der Waals surface area contributed by atoms with Crippen molar-refractivity contribution < 1.29 is 8.78 Å². The molecule has 2 heterocycles. The minimum Gasteiger partial charge on any atom is -0.253 e. The zero-order valence-corrected chi connectivity index (χ0v) is 13.4. The van der Waals surface area contributed by atoms with E-state index in [9.17, 15) is 8.78 Å². The summed E-state index contributed by atoms with van der Waals surface area (Å²) in [5.41, 5.74) is 2.40. The van der Waals surface area contributed by atoms with Crippen LogP contribution in [0.3, 0.4) is 0 Å². The van der Waals surface area contributed by atoms with Gasteiger partial charge in [-0.2, -0.15) is 0 Å². The molecule has 0 atom stereocenters. The molecule has 0 aliphatic carbocycles. The lowest BCUT2D eigenvalue weighted by Crippen LogP contribution is -1.99. The highest BCUT2D eigenvalue weighted by molar-refractivity contribution is 7.99. The third-order valence-electron chi connectivity index (χ3n) is 3.34. The van der Waals surface area contributed by atoms with Crippen molar-refractivity contribution in [3.8, 4) is 11.5 Å². The topological polar surface area (TPSA) is 38.7 Å². The van der Waals surface area contributed by atoms with Crippen molar-refractivity contribution in [1.82, 2.24) is 15.0 Å². The summed E-state index contributed by atoms with van der Waals surface area (Å²) in [6, 6.07) is 9.32. The van der Waals surface area contributed by atoms with Crippen molar-refractivity contribution in [2.45, 2.75) is 23.8 Å². The number of aromatic nitrogens is 3. The van der Waals surface area contributed by atoms with Crippen molar-refractivity contribution in [2.75, 3.05) is 0 Å². The molecule has 0 fully saturated rings. The Kier molecular flexibility index (Phi) is 4.34. The molecule has 0 amide bonds. The second-order valence-electron chi connectivity index (χ2n) is 4.96. The number of nitrogens with zero attached hydrogens (tertiary/aromatic N) is 3. The van der Waals surface area contributed by atoms with Gasteiger partial charge in [0.05, 0.1) is 0 Å². The average molecular weight is 329 g/mol. The molecule has 6 heteroatoms. The summed E-state index contributed by atoms with van der Waals surface area (Å²) < 4.78 is 26.4. The van der Waals surface area contributed by atoms with Crippen molar-refractivity contribution in [3.63, 3.8) is 0 Å². The minimum absolute atomic E-state index is 0.513. The number of benzene rings is 1. The predicted molar refractivity (Wildman–Crippen MR) is 85.2 cm³/mol. The largest absolute Gasteiger partial charge is 0.253 e. The Hall–Kier alpha value is -2.34. The summed E-state index contributed by atoms with van der Waals surface area (Å²) in [6.07, 6.45) is 1.68. The van der Waals surface area contributed by atoms with Crippen LogP contribution in [-0.4, -0.2) is 15.0 Å². The summed E-state index contributed by atoms with van der Waals surface area (Å²) in [4.78, 5) is 13.8. The van der Waals surface area contributed by atoms with Crippen LogP contribution in [0.2, 0.25) is 0 Å². The van der Waals surface area contributed by atoms with E-state index in [1.807, 2.05) is 32.0 Å². The van der Waals surface area contributed by atoms with Crippen LogP contribution in [0.15, 0.2) is 52.5 Å². The minimum atomic E-state index is -0.872. The first kappa shape index (κ1) is 15.6. The fraction of sp³-hybridized carbons (Fsp3) is 0.118. The normalized spacial score (nSPS) is 10.8. The van der Waals surface area contributed by atoms with Gasteiger partial charge in [-0.05, 0) is 44.2 Å². The van der Waals surface area contributed by atoms with Gasteiger partial charge >= 0.3 is 0 Å². The van der Waals surface area contributed by atoms with E-state index in [0.717, 1.165) is 23.4 Å². The third-order valence-corrected chi connectivity index (χ3v) is 4.42. The molecule has 0 aliphatic heterocycles. The fourth-order valence-corrected chi connectivity index (χ4v) is 2.92. The van der Waals surface area contributed by atoms with Crippen LogP contribution < -0.4 is 0 Å². The molecule has 0 N–H and O–H groups in total. The quantitative estimate of drug-likeness (QED) is 0.659. The number of hydrogen-bond donors (Lipinski definition) is 0. The standard InChI is InChI=1S/C17H13F2N3S/c1-10-11(2)21-16(15-5-3-4-8-20-15)22-17(10)23-12-6-7-13(18)14(19)9-12/h3-9H,1-2H3. The van der Waals surface area contributed by atoms with E-state index in [2.05, 4.69) is 15.0 Å². The van der Waals surface area contributed by atoms with Crippen molar-refractivity contribution in [1.29, 1.82) is 0 Å². The zero-order valence-electron chi connectivity index (χ0n) is 12.5. The smallest absolute Gasteiger partial charge is 0.179 e. The molecule has 3 aromatic rings. The number of aryl methyl sites for hydroxylation is 1. The van der Waals surface area contributed by atoms with Gasteiger partial charge in [0, 0.05) is 22.3 Å². The zero-order chi connectivity index (χ0) is 16.4. The number of pyridine rings is 1. The summed E-state index contributed by atoms with van der Waals surface area (Å²) in [5, 5.41) is 0.698. The molecule has 2 aromatic heterocycles. The highest BCUT2D eigenvalue weighted by atomic mass is 32.2. The predicted octanol–water partition coefficient (Wildman–Crippen LogP) is 4.58. The lowest BCUT2D eigenvalue weighted by Gasteiger charge is -2.10. The SMILES string of the molecule is Cc1nc(-c2ccccn2)nc(Sc2ccc(F)c(F)c2)c1C. The molecular weight excluding hydrogens is 316 g/mol. The first-order chi connectivity index (χ1) is 11.0. The number of halogens is 2.